The van der Waals surface area contributed by atoms with Gasteiger partial charge < -0.3 is 15.7 Å². The number of benzene rings is 1. The molecule has 0 aromatic heterocycles. The molecule has 1 aromatic carbocycles. The molecule has 0 saturated carbocycles. The molecule has 0 aliphatic heterocycles. The number of rotatable bonds is 6. The van der Waals surface area contributed by atoms with Gasteiger partial charge in [0.05, 0.1) is 6.04 Å². The van der Waals surface area contributed by atoms with Crippen LogP contribution in [0.4, 0.5) is 0 Å². The van der Waals surface area contributed by atoms with Gasteiger partial charge >= 0.3 is 0 Å². The molecule has 106 valence electrons. The van der Waals surface area contributed by atoms with E-state index in [-0.39, 0.29) is 23.6 Å². The van der Waals surface area contributed by atoms with Crippen molar-refractivity contribution in [2.24, 2.45) is 11.7 Å². The van der Waals surface area contributed by atoms with Gasteiger partial charge in [-0.15, -0.1) is 0 Å². The van der Waals surface area contributed by atoms with Gasteiger partial charge in [-0.1, -0.05) is 19.1 Å². The van der Waals surface area contributed by atoms with E-state index in [0.717, 1.165) is 5.56 Å². The lowest BCUT2D eigenvalue weighted by atomic mass is 10.0. The molecule has 1 amide bonds. The Morgan fingerprint density at radius 3 is 2.63 bits per heavy atom. The van der Waals surface area contributed by atoms with Gasteiger partial charge in [0, 0.05) is 13.0 Å². The highest BCUT2D eigenvalue weighted by atomic mass is 16.3. The molecular weight excluding hydrogens is 240 g/mol. The average molecular weight is 264 g/mol. The van der Waals surface area contributed by atoms with Crippen molar-refractivity contribution in [3.8, 4) is 5.75 Å². The second-order valence-corrected chi connectivity index (χ2v) is 5.00. The molecule has 1 aromatic rings. The summed E-state index contributed by atoms with van der Waals surface area (Å²) in [7, 11) is 0. The maximum absolute atomic E-state index is 12.3. The van der Waals surface area contributed by atoms with Gasteiger partial charge in [0.25, 0.3) is 0 Å². The highest BCUT2D eigenvalue weighted by Crippen LogP contribution is 2.24. The number of nitrogens with two attached hydrogens (primary N) is 1. The summed E-state index contributed by atoms with van der Waals surface area (Å²) >= 11 is 0. The second kappa shape index (κ2) is 7.14. The predicted molar refractivity (Wildman–Crippen MR) is 76.7 cm³/mol. The van der Waals surface area contributed by atoms with Gasteiger partial charge in [-0.25, -0.2) is 0 Å². The first kappa shape index (κ1) is 15.5. The zero-order chi connectivity index (χ0) is 14.4. The third-order valence-corrected chi connectivity index (χ3v) is 3.41. The van der Waals surface area contributed by atoms with Crippen LogP contribution in [-0.2, 0) is 4.79 Å². The van der Waals surface area contributed by atoms with Gasteiger partial charge in [0.1, 0.15) is 5.75 Å². The van der Waals surface area contributed by atoms with E-state index in [2.05, 4.69) is 0 Å². The molecule has 0 aliphatic rings. The van der Waals surface area contributed by atoms with Crippen molar-refractivity contribution in [3.05, 3.63) is 29.8 Å². The first-order valence-corrected chi connectivity index (χ1v) is 6.78. The zero-order valence-corrected chi connectivity index (χ0v) is 12.0. The van der Waals surface area contributed by atoms with Crippen LogP contribution in [0.25, 0.3) is 0 Å². The Bertz CT molecular complexity index is 420. The summed E-state index contributed by atoms with van der Waals surface area (Å²) in [6, 6.07) is 7.00. The fourth-order valence-corrected chi connectivity index (χ4v) is 2.13. The SMILES string of the molecule is CCN(C(=O)CC(C)CN)C(C)c1cccc(O)c1. The Morgan fingerprint density at radius 1 is 1.42 bits per heavy atom. The van der Waals surface area contributed by atoms with Crippen LogP contribution in [0.3, 0.4) is 0 Å². The van der Waals surface area contributed by atoms with Crippen molar-refractivity contribution in [2.45, 2.75) is 33.2 Å². The Labute approximate surface area is 115 Å². The fraction of sp³-hybridized carbons (Fsp3) is 0.533. The first-order valence-electron chi connectivity index (χ1n) is 6.78. The number of carbonyl (C=O) groups excluding carboxylic acids is 1. The quantitative estimate of drug-likeness (QED) is 0.828. The zero-order valence-electron chi connectivity index (χ0n) is 12.0. The van der Waals surface area contributed by atoms with E-state index >= 15 is 0 Å². The molecule has 2 unspecified atom stereocenters. The third kappa shape index (κ3) is 4.24. The molecule has 2 atom stereocenters. The topological polar surface area (TPSA) is 66.6 Å². The van der Waals surface area contributed by atoms with Crippen LogP contribution in [0.2, 0.25) is 0 Å². The van der Waals surface area contributed by atoms with Crippen LogP contribution in [0.1, 0.15) is 38.8 Å². The maximum atomic E-state index is 12.3. The largest absolute Gasteiger partial charge is 0.508 e. The molecule has 4 nitrogen and oxygen atoms in total. The Morgan fingerprint density at radius 2 is 2.11 bits per heavy atom. The normalized spacial score (nSPS) is 13.9. The molecule has 0 saturated heterocycles. The minimum atomic E-state index is -0.0467. The molecule has 0 spiro atoms. The molecule has 19 heavy (non-hydrogen) atoms. The summed E-state index contributed by atoms with van der Waals surface area (Å²) in [4.78, 5) is 14.1. The van der Waals surface area contributed by atoms with Crippen molar-refractivity contribution in [1.82, 2.24) is 4.90 Å². The molecule has 1 rings (SSSR count). The van der Waals surface area contributed by atoms with E-state index in [0.29, 0.717) is 19.5 Å². The number of hydrogen-bond donors (Lipinski definition) is 2. The molecular formula is C15H24N2O2. The third-order valence-electron chi connectivity index (χ3n) is 3.41. The van der Waals surface area contributed by atoms with Gasteiger partial charge in [-0.05, 0) is 44.0 Å². The lowest BCUT2D eigenvalue weighted by Crippen LogP contribution is -2.35. The summed E-state index contributed by atoms with van der Waals surface area (Å²) < 4.78 is 0. The minimum Gasteiger partial charge on any atom is -0.508 e. The van der Waals surface area contributed by atoms with E-state index in [1.807, 2.05) is 31.7 Å². The number of nitrogens with zero attached hydrogens (tertiary/aromatic N) is 1. The Hall–Kier alpha value is -1.55. The van der Waals surface area contributed by atoms with Gasteiger partial charge in [0.2, 0.25) is 5.91 Å². The second-order valence-electron chi connectivity index (χ2n) is 5.00. The molecule has 0 aliphatic carbocycles. The van der Waals surface area contributed by atoms with E-state index in [4.69, 9.17) is 5.73 Å². The van der Waals surface area contributed by atoms with Crippen molar-refractivity contribution in [1.29, 1.82) is 0 Å². The summed E-state index contributed by atoms with van der Waals surface area (Å²) in [5.41, 5.74) is 6.51. The van der Waals surface area contributed by atoms with Crippen LogP contribution in [-0.4, -0.2) is 29.0 Å². The molecule has 3 N–H and O–H groups in total. The van der Waals surface area contributed by atoms with E-state index < -0.39 is 0 Å². The number of carbonyl (C=O) groups is 1. The predicted octanol–water partition coefficient (Wildman–Crippen LogP) is 2.29. The highest BCUT2D eigenvalue weighted by Gasteiger charge is 2.21. The van der Waals surface area contributed by atoms with E-state index in [1.54, 1.807) is 18.2 Å². The van der Waals surface area contributed by atoms with E-state index in [9.17, 15) is 9.90 Å². The Kier molecular flexibility index (Phi) is 5.83. The lowest BCUT2D eigenvalue weighted by Gasteiger charge is -2.29. The fourth-order valence-electron chi connectivity index (χ4n) is 2.13. The smallest absolute Gasteiger partial charge is 0.223 e. The van der Waals surface area contributed by atoms with Crippen molar-refractivity contribution in [2.75, 3.05) is 13.1 Å². The molecule has 0 heterocycles. The summed E-state index contributed by atoms with van der Waals surface area (Å²) in [5, 5.41) is 9.52. The van der Waals surface area contributed by atoms with Crippen LogP contribution in [0.5, 0.6) is 5.75 Å². The van der Waals surface area contributed by atoms with Gasteiger partial charge in [-0.2, -0.15) is 0 Å². The minimum absolute atomic E-state index is 0.0467. The lowest BCUT2D eigenvalue weighted by molar-refractivity contribution is -0.134. The summed E-state index contributed by atoms with van der Waals surface area (Å²) in [6.45, 7) is 7.08. The molecule has 0 bridgehead atoms. The first-order chi connectivity index (χ1) is 8.99. The van der Waals surface area contributed by atoms with Crippen LogP contribution < -0.4 is 5.73 Å². The number of phenols is 1. The summed E-state index contributed by atoms with van der Waals surface area (Å²) in [6.07, 6.45) is 0.466. The standard InChI is InChI=1S/C15H24N2O2/c1-4-17(15(19)8-11(2)10-16)12(3)13-6-5-7-14(18)9-13/h5-7,9,11-12,18H,4,8,10,16H2,1-3H3. The molecule has 0 fully saturated rings. The highest BCUT2D eigenvalue weighted by molar-refractivity contribution is 5.77. The van der Waals surface area contributed by atoms with Crippen molar-refractivity contribution < 1.29 is 9.90 Å². The summed E-state index contributed by atoms with van der Waals surface area (Å²) in [5.74, 6) is 0.525. The molecule has 4 heteroatoms. The number of amides is 1. The average Bonchev–Trinajstić information content (AvgIpc) is 2.39. The van der Waals surface area contributed by atoms with Gasteiger partial charge in [-0.3, -0.25) is 4.79 Å². The van der Waals surface area contributed by atoms with Crippen LogP contribution in [0, 0.1) is 5.92 Å². The number of phenolic OH excluding ortho intramolecular Hbond substituents is 1. The molecule has 0 radical (unpaired) electrons. The van der Waals surface area contributed by atoms with Crippen molar-refractivity contribution in [3.63, 3.8) is 0 Å². The van der Waals surface area contributed by atoms with Crippen molar-refractivity contribution >= 4 is 5.91 Å². The van der Waals surface area contributed by atoms with E-state index in [1.165, 1.54) is 0 Å². The number of aromatic hydroxyl groups is 1. The Balaban J connectivity index is 2.81. The van der Waals surface area contributed by atoms with Crippen LogP contribution >= 0.6 is 0 Å². The number of hydrogen-bond acceptors (Lipinski definition) is 3. The van der Waals surface area contributed by atoms with Crippen LogP contribution in [0.15, 0.2) is 24.3 Å². The monoisotopic (exact) mass is 264 g/mol. The van der Waals surface area contributed by atoms with Gasteiger partial charge in [0.15, 0.2) is 0 Å². The maximum Gasteiger partial charge on any atom is 0.223 e.